The van der Waals surface area contributed by atoms with Gasteiger partial charge in [-0.2, -0.15) is 0 Å². The third-order valence-electron chi connectivity index (χ3n) is 9.64. The van der Waals surface area contributed by atoms with Gasteiger partial charge in [-0.25, -0.2) is 0 Å². The number of halogens is 3. The van der Waals surface area contributed by atoms with Crippen molar-refractivity contribution in [1.82, 2.24) is 0 Å². The third kappa shape index (κ3) is 5.85. The molecule has 44 heavy (non-hydrogen) atoms. The van der Waals surface area contributed by atoms with E-state index in [0.29, 0.717) is 0 Å². The molecule has 0 atom stereocenters. The second-order valence-electron chi connectivity index (χ2n) is 12.6. The quantitative estimate of drug-likeness (QED) is 0.195. The van der Waals surface area contributed by atoms with Crippen LogP contribution in [0, 0.1) is 20.8 Å². The number of hydrogen-bond acceptors (Lipinski definition) is 3. The summed E-state index contributed by atoms with van der Waals surface area (Å²) in [6, 6.07) is 21.1. The summed E-state index contributed by atoms with van der Waals surface area (Å²) in [6.07, 6.45) is 0. The molecule has 0 spiro atoms. The first-order chi connectivity index (χ1) is 19.1. The van der Waals surface area contributed by atoms with E-state index in [-0.39, 0.29) is 40.6 Å². The van der Waals surface area contributed by atoms with Crippen molar-refractivity contribution < 1.29 is 57.7 Å². The molecule has 1 aliphatic rings. The Labute approximate surface area is 298 Å². The molecule has 0 saturated carbocycles. The number of anilines is 3. The Kier molecular flexibility index (Phi) is 13.6. The van der Waals surface area contributed by atoms with E-state index in [1.807, 2.05) is 0 Å². The van der Waals surface area contributed by atoms with Crippen LogP contribution in [-0.4, -0.2) is 50.4 Å². The molecule has 0 aromatic heterocycles. The molecule has 3 aromatic carbocycles. The minimum atomic E-state index is -2.98. The van der Waals surface area contributed by atoms with Crippen LogP contribution in [0.1, 0.15) is 44.4 Å². The minimum Gasteiger partial charge on any atom is -1.00 e. The van der Waals surface area contributed by atoms with E-state index < -0.39 is 8.07 Å². The summed E-state index contributed by atoms with van der Waals surface area (Å²) >= 11 is 2.58. The number of aryl methyl sites for hydroxylation is 3. The standard InChI is InChI=1S/C36H48N3Si.3ClH.Ti/c1-23-17-14-20-30(33(23)37(8)9)40(36-28(6)26(4)27(5)29(36)7,31-21-15-18-24(2)34(31)38(10)11)32-22-16-19-25(3)35(32)39(12)13;;;;/h14-22H,1-13H3;3*1H;/q;;;;+3/p-3. The van der Waals surface area contributed by atoms with Gasteiger partial charge in [-0.1, -0.05) is 0 Å². The fourth-order valence-corrected chi connectivity index (χ4v) is 17.1. The van der Waals surface area contributed by atoms with Gasteiger partial charge < -0.3 is 37.2 Å². The van der Waals surface area contributed by atoms with Crippen molar-refractivity contribution in [2.24, 2.45) is 0 Å². The number of rotatable bonds is 7. The zero-order valence-electron chi connectivity index (χ0n) is 28.7. The fourth-order valence-electron chi connectivity index (χ4n) is 7.68. The Hall–Kier alpha value is -1.66. The smallest absolute Gasteiger partial charge is 1.00 e. The predicted molar refractivity (Wildman–Crippen MR) is 181 cm³/mol. The number of allylic oxidation sites excluding steroid dienone is 4. The molecule has 8 heteroatoms. The Balaban J connectivity index is 0.00000323. The molecule has 0 unspecified atom stereocenters. The van der Waals surface area contributed by atoms with Gasteiger partial charge in [-0.3, -0.25) is 0 Å². The van der Waals surface area contributed by atoms with Crippen molar-refractivity contribution in [1.29, 1.82) is 0 Å². The Bertz CT molecular complexity index is 1410. The van der Waals surface area contributed by atoms with Crippen LogP contribution in [0.2, 0.25) is 3.34 Å². The fraction of sp³-hybridized carbons (Fsp3) is 0.389. The largest absolute Gasteiger partial charge is 1.00 e. The number of hydrogen-bond donors (Lipinski definition) is 0. The maximum absolute atomic E-state index is 2.98. The average Bonchev–Trinajstić information content (AvgIpc) is 3.04. The van der Waals surface area contributed by atoms with Gasteiger partial charge in [-0.15, -0.1) is 0 Å². The predicted octanol–water partition coefficient (Wildman–Crippen LogP) is -2.78. The molecule has 0 bridgehead atoms. The summed E-state index contributed by atoms with van der Waals surface area (Å²) in [5.74, 6) is 0. The maximum Gasteiger partial charge on any atom is -1.00 e. The molecule has 0 saturated heterocycles. The second kappa shape index (κ2) is 14.8. The summed E-state index contributed by atoms with van der Waals surface area (Å²) in [5.41, 5.74) is 13.9. The van der Waals surface area contributed by atoms with E-state index in [4.69, 9.17) is 0 Å². The molecule has 4 rings (SSSR count). The topological polar surface area (TPSA) is 9.72 Å². The Morgan fingerprint density at radius 3 is 0.955 bits per heavy atom. The molecule has 0 radical (unpaired) electrons. The molecule has 236 valence electrons. The maximum atomic E-state index is 2.58. The molecule has 0 amide bonds. The van der Waals surface area contributed by atoms with Gasteiger partial charge in [0.1, 0.15) is 0 Å². The molecular formula is C36H48Cl3N3SiTi. The summed E-state index contributed by atoms with van der Waals surface area (Å²) in [5, 5.41) is 4.44. The van der Waals surface area contributed by atoms with Gasteiger partial charge in [0.2, 0.25) is 0 Å². The zero-order chi connectivity index (χ0) is 30.6. The monoisotopic (exact) mass is 703 g/mol. The third-order valence-corrected chi connectivity index (χ3v) is 18.1. The van der Waals surface area contributed by atoms with Crippen LogP contribution in [-0.2, 0) is 20.4 Å². The van der Waals surface area contributed by atoms with Gasteiger partial charge in [0.05, 0.1) is 0 Å². The Morgan fingerprint density at radius 2 is 0.727 bits per heavy atom. The van der Waals surface area contributed by atoms with Gasteiger partial charge in [0, 0.05) is 0 Å². The van der Waals surface area contributed by atoms with E-state index in [9.17, 15) is 0 Å². The first-order valence-electron chi connectivity index (χ1n) is 14.6. The minimum absolute atomic E-state index is 0. The van der Waals surface area contributed by atoms with Gasteiger partial charge in [-0.05, 0) is 0 Å². The van der Waals surface area contributed by atoms with Gasteiger partial charge in [0.15, 0.2) is 0 Å². The van der Waals surface area contributed by atoms with Crippen LogP contribution in [0.25, 0.3) is 0 Å². The van der Waals surface area contributed by atoms with Crippen LogP contribution in [0.3, 0.4) is 0 Å². The van der Waals surface area contributed by atoms with Crippen molar-refractivity contribution in [3.05, 3.63) is 93.6 Å². The van der Waals surface area contributed by atoms with E-state index >= 15 is 0 Å². The van der Waals surface area contributed by atoms with Crippen LogP contribution in [0.4, 0.5) is 17.1 Å². The van der Waals surface area contributed by atoms with Crippen LogP contribution in [0.15, 0.2) is 76.9 Å². The second-order valence-corrected chi connectivity index (χ2v) is 18.4. The zero-order valence-corrected chi connectivity index (χ0v) is 33.5. The number of para-hydroxylation sites is 3. The first kappa shape index (κ1) is 40.4. The number of nitrogens with zero attached hydrogens (tertiary/aromatic N) is 3. The van der Waals surface area contributed by atoms with Crippen molar-refractivity contribution in [3.8, 4) is 0 Å². The summed E-state index contributed by atoms with van der Waals surface area (Å²) in [7, 11) is 10.3. The SMILES string of the molecule is CC1=C(C)[C]([Ti+3])([Si](c2cccc(C)c2N(C)C)(c2cccc(C)c2N(C)C)c2cccc(C)c2N(C)C)C(C)=C1C.[Cl-].[Cl-].[Cl-]. The van der Waals surface area contributed by atoms with Crippen molar-refractivity contribution in [2.75, 3.05) is 57.0 Å². The van der Waals surface area contributed by atoms with Crippen molar-refractivity contribution in [2.45, 2.75) is 51.8 Å². The number of benzene rings is 3. The van der Waals surface area contributed by atoms with E-state index in [1.54, 1.807) is 0 Å². The Morgan fingerprint density at radius 1 is 0.477 bits per heavy atom. The van der Waals surface area contributed by atoms with Crippen LogP contribution in [0.5, 0.6) is 0 Å². The summed E-state index contributed by atoms with van der Waals surface area (Å²) in [4.78, 5) is 7.08. The molecule has 0 aliphatic heterocycles. The van der Waals surface area contributed by atoms with Crippen LogP contribution >= 0.6 is 0 Å². The van der Waals surface area contributed by atoms with Gasteiger partial charge >= 0.3 is 264 Å². The first-order valence-corrected chi connectivity index (χ1v) is 17.4. The van der Waals surface area contributed by atoms with E-state index in [0.717, 1.165) is 0 Å². The van der Waals surface area contributed by atoms with E-state index in [2.05, 4.69) is 180 Å². The summed E-state index contributed by atoms with van der Waals surface area (Å²) in [6.45, 7) is 16.4. The molecule has 0 fully saturated rings. The molecule has 3 aromatic rings. The normalized spacial score (nSPS) is 14.1. The average molecular weight is 705 g/mol. The van der Waals surface area contributed by atoms with Gasteiger partial charge in [0.25, 0.3) is 0 Å². The molecule has 0 heterocycles. The molecular weight excluding hydrogens is 657 g/mol. The molecule has 0 N–H and O–H groups in total. The summed E-state index contributed by atoms with van der Waals surface area (Å²) < 4.78 is -0.198. The molecule has 1 aliphatic carbocycles. The van der Waals surface area contributed by atoms with Crippen molar-refractivity contribution in [3.63, 3.8) is 0 Å². The molecule has 3 nitrogen and oxygen atoms in total. The van der Waals surface area contributed by atoms with E-state index in [1.165, 1.54) is 71.6 Å². The van der Waals surface area contributed by atoms with Crippen LogP contribution < -0.4 is 67.5 Å². The van der Waals surface area contributed by atoms with Crippen molar-refractivity contribution >= 4 is 40.7 Å².